The van der Waals surface area contributed by atoms with Crippen molar-refractivity contribution in [3.63, 3.8) is 0 Å². The molecule has 2 N–H and O–H groups in total. The Morgan fingerprint density at radius 3 is 2.35 bits per heavy atom. The summed E-state index contributed by atoms with van der Waals surface area (Å²) in [7, 11) is 0. The molecule has 0 aliphatic carbocycles. The smallest absolute Gasteiger partial charge is 0.227 e. The third kappa shape index (κ3) is 3.80. The maximum absolute atomic E-state index is 9.12. The standard InChI is InChI=1S/C14H24N4O2/c1-12-11-13(17-5-3-2-4-6-17)16-14(15-12)18(7-9-19)8-10-20/h11,19-20H,2-10H2,1H3. The van der Waals surface area contributed by atoms with Crippen LogP contribution in [0.3, 0.4) is 0 Å². The van der Waals surface area contributed by atoms with E-state index in [0.717, 1.165) is 24.6 Å². The van der Waals surface area contributed by atoms with Gasteiger partial charge in [-0.2, -0.15) is 4.98 Å². The van der Waals surface area contributed by atoms with Gasteiger partial charge in [0, 0.05) is 37.9 Å². The van der Waals surface area contributed by atoms with Gasteiger partial charge < -0.3 is 20.0 Å². The van der Waals surface area contributed by atoms with Gasteiger partial charge in [-0.1, -0.05) is 0 Å². The van der Waals surface area contributed by atoms with E-state index in [2.05, 4.69) is 14.9 Å². The molecule has 1 aliphatic heterocycles. The SMILES string of the molecule is Cc1cc(N2CCCCC2)nc(N(CCO)CCO)n1. The molecular formula is C14H24N4O2. The summed E-state index contributed by atoms with van der Waals surface area (Å²) in [4.78, 5) is 13.2. The summed E-state index contributed by atoms with van der Waals surface area (Å²) in [6.07, 6.45) is 3.69. The van der Waals surface area contributed by atoms with Crippen LogP contribution in [0, 0.1) is 6.92 Å². The van der Waals surface area contributed by atoms with Gasteiger partial charge in [0.1, 0.15) is 5.82 Å². The van der Waals surface area contributed by atoms with Crippen molar-refractivity contribution in [3.05, 3.63) is 11.8 Å². The molecule has 112 valence electrons. The largest absolute Gasteiger partial charge is 0.395 e. The molecular weight excluding hydrogens is 256 g/mol. The highest BCUT2D eigenvalue weighted by Crippen LogP contribution is 2.21. The second kappa shape index (κ2) is 7.40. The lowest BCUT2D eigenvalue weighted by Gasteiger charge is -2.29. The second-order valence-electron chi connectivity index (χ2n) is 5.15. The highest BCUT2D eigenvalue weighted by atomic mass is 16.3. The monoisotopic (exact) mass is 280 g/mol. The Balaban J connectivity index is 2.21. The summed E-state index contributed by atoms with van der Waals surface area (Å²) in [6.45, 7) is 4.94. The predicted molar refractivity (Wildman–Crippen MR) is 79.2 cm³/mol. The molecule has 0 atom stereocenters. The van der Waals surface area contributed by atoms with Crippen molar-refractivity contribution in [1.82, 2.24) is 9.97 Å². The molecule has 0 saturated carbocycles. The van der Waals surface area contributed by atoms with E-state index in [1.54, 1.807) is 0 Å². The number of hydrogen-bond acceptors (Lipinski definition) is 6. The summed E-state index contributed by atoms with van der Waals surface area (Å²) in [6, 6.07) is 2.00. The van der Waals surface area contributed by atoms with Crippen LogP contribution < -0.4 is 9.80 Å². The number of piperidine rings is 1. The molecule has 0 bridgehead atoms. The first kappa shape index (κ1) is 15.0. The molecule has 0 spiro atoms. The Morgan fingerprint density at radius 1 is 1.10 bits per heavy atom. The van der Waals surface area contributed by atoms with Crippen molar-refractivity contribution in [2.24, 2.45) is 0 Å². The molecule has 1 aromatic rings. The van der Waals surface area contributed by atoms with Gasteiger partial charge in [-0.25, -0.2) is 4.98 Å². The molecule has 20 heavy (non-hydrogen) atoms. The molecule has 2 heterocycles. The molecule has 1 saturated heterocycles. The Hall–Kier alpha value is -1.40. The number of aliphatic hydroxyl groups is 2. The summed E-state index contributed by atoms with van der Waals surface area (Å²) in [5.74, 6) is 1.54. The minimum Gasteiger partial charge on any atom is -0.395 e. The van der Waals surface area contributed by atoms with Crippen molar-refractivity contribution < 1.29 is 10.2 Å². The average Bonchev–Trinajstić information content (AvgIpc) is 2.47. The van der Waals surface area contributed by atoms with Crippen molar-refractivity contribution in [1.29, 1.82) is 0 Å². The molecule has 1 fully saturated rings. The zero-order valence-corrected chi connectivity index (χ0v) is 12.1. The van der Waals surface area contributed by atoms with E-state index >= 15 is 0 Å². The first-order valence-electron chi connectivity index (χ1n) is 7.32. The van der Waals surface area contributed by atoms with Crippen LogP contribution in [-0.2, 0) is 0 Å². The molecule has 2 rings (SSSR count). The van der Waals surface area contributed by atoms with Crippen molar-refractivity contribution in [2.45, 2.75) is 26.2 Å². The zero-order valence-electron chi connectivity index (χ0n) is 12.1. The normalized spacial score (nSPS) is 15.4. The minimum absolute atomic E-state index is 0.0242. The first-order chi connectivity index (χ1) is 9.74. The summed E-state index contributed by atoms with van der Waals surface area (Å²) >= 11 is 0. The Kier molecular flexibility index (Phi) is 5.55. The van der Waals surface area contributed by atoms with E-state index < -0.39 is 0 Å². The fourth-order valence-corrected chi connectivity index (χ4v) is 2.52. The Morgan fingerprint density at radius 2 is 1.75 bits per heavy atom. The van der Waals surface area contributed by atoms with E-state index in [0.29, 0.717) is 19.0 Å². The minimum atomic E-state index is 0.0242. The summed E-state index contributed by atoms with van der Waals surface area (Å²) in [5, 5.41) is 18.2. The van der Waals surface area contributed by atoms with Crippen LogP contribution in [0.25, 0.3) is 0 Å². The summed E-state index contributed by atoms with van der Waals surface area (Å²) in [5.41, 5.74) is 0.913. The van der Waals surface area contributed by atoms with E-state index in [4.69, 9.17) is 10.2 Å². The fourth-order valence-electron chi connectivity index (χ4n) is 2.52. The van der Waals surface area contributed by atoms with Crippen molar-refractivity contribution in [3.8, 4) is 0 Å². The molecule has 0 amide bonds. The number of hydrogen-bond donors (Lipinski definition) is 2. The van der Waals surface area contributed by atoms with Crippen LogP contribution in [0.2, 0.25) is 0 Å². The van der Waals surface area contributed by atoms with E-state index in [-0.39, 0.29) is 13.2 Å². The highest BCUT2D eigenvalue weighted by Gasteiger charge is 2.16. The summed E-state index contributed by atoms with van der Waals surface area (Å²) < 4.78 is 0. The van der Waals surface area contributed by atoms with Crippen LogP contribution in [0.4, 0.5) is 11.8 Å². The van der Waals surface area contributed by atoms with Gasteiger partial charge in [0.25, 0.3) is 0 Å². The quantitative estimate of drug-likeness (QED) is 0.793. The van der Waals surface area contributed by atoms with Gasteiger partial charge in [-0.15, -0.1) is 0 Å². The fraction of sp³-hybridized carbons (Fsp3) is 0.714. The molecule has 0 unspecified atom stereocenters. The van der Waals surface area contributed by atoms with Crippen LogP contribution in [0.5, 0.6) is 0 Å². The van der Waals surface area contributed by atoms with Gasteiger partial charge >= 0.3 is 0 Å². The number of aryl methyl sites for hydroxylation is 1. The van der Waals surface area contributed by atoms with Crippen molar-refractivity contribution in [2.75, 3.05) is 49.2 Å². The van der Waals surface area contributed by atoms with Crippen LogP contribution in [0.1, 0.15) is 25.0 Å². The molecule has 0 radical (unpaired) electrons. The lowest BCUT2D eigenvalue weighted by molar-refractivity contribution is 0.280. The average molecular weight is 280 g/mol. The van der Waals surface area contributed by atoms with Gasteiger partial charge in [0.2, 0.25) is 5.95 Å². The Bertz CT molecular complexity index is 416. The van der Waals surface area contributed by atoms with Crippen LogP contribution >= 0.6 is 0 Å². The molecule has 1 aliphatic rings. The lowest BCUT2D eigenvalue weighted by atomic mass is 10.1. The van der Waals surface area contributed by atoms with Crippen LogP contribution in [-0.4, -0.2) is 59.6 Å². The first-order valence-corrected chi connectivity index (χ1v) is 7.32. The van der Waals surface area contributed by atoms with Gasteiger partial charge in [0.05, 0.1) is 13.2 Å². The molecule has 1 aromatic heterocycles. The number of aromatic nitrogens is 2. The highest BCUT2D eigenvalue weighted by molar-refractivity contribution is 5.46. The van der Waals surface area contributed by atoms with E-state index in [1.807, 2.05) is 17.9 Å². The Labute approximate surface area is 120 Å². The second-order valence-corrected chi connectivity index (χ2v) is 5.15. The zero-order chi connectivity index (χ0) is 14.4. The number of nitrogens with zero attached hydrogens (tertiary/aromatic N) is 4. The molecule has 0 aromatic carbocycles. The van der Waals surface area contributed by atoms with Gasteiger partial charge in [0.15, 0.2) is 0 Å². The third-order valence-corrected chi connectivity index (χ3v) is 3.53. The van der Waals surface area contributed by atoms with Crippen molar-refractivity contribution >= 4 is 11.8 Å². The topological polar surface area (TPSA) is 72.7 Å². The lowest BCUT2D eigenvalue weighted by Crippen LogP contribution is -2.34. The van der Waals surface area contributed by atoms with E-state index in [1.165, 1.54) is 19.3 Å². The van der Waals surface area contributed by atoms with Gasteiger partial charge in [-0.05, 0) is 26.2 Å². The maximum atomic E-state index is 9.12. The third-order valence-electron chi connectivity index (χ3n) is 3.53. The molecule has 6 nitrogen and oxygen atoms in total. The number of rotatable bonds is 6. The number of aliphatic hydroxyl groups excluding tert-OH is 2. The van der Waals surface area contributed by atoms with E-state index in [9.17, 15) is 0 Å². The molecule has 6 heteroatoms. The predicted octanol–water partition coefficient (Wildman–Crippen LogP) is 0.566. The maximum Gasteiger partial charge on any atom is 0.227 e. The van der Waals surface area contributed by atoms with Crippen LogP contribution in [0.15, 0.2) is 6.07 Å². The number of anilines is 2. The van der Waals surface area contributed by atoms with Gasteiger partial charge in [-0.3, -0.25) is 0 Å².